The van der Waals surface area contributed by atoms with E-state index in [-0.39, 0.29) is 5.97 Å². The molecule has 1 aliphatic rings. The molecule has 0 radical (unpaired) electrons. The van der Waals surface area contributed by atoms with Crippen molar-refractivity contribution in [3.63, 3.8) is 0 Å². The summed E-state index contributed by atoms with van der Waals surface area (Å²) >= 11 is 0. The zero-order valence-corrected chi connectivity index (χ0v) is 16.7. The van der Waals surface area contributed by atoms with Gasteiger partial charge >= 0.3 is 5.97 Å². The van der Waals surface area contributed by atoms with Crippen molar-refractivity contribution in [2.75, 3.05) is 0 Å². The molecule has 0 aliphatic carbocycles. The highest BCUT2D eigenvalue weighted by atomic mass is 16.6. The Bertz CT molecular complexity index is 1390. The van der Waals surface area contributed by atoms with E-state index in [0.717, 1.165) is 38.5 Å². The average molecular weight is 393 g/mol. The molecule has 0 bridgehead atoms. The number of aromatic nitrogens is 3. The van der Waals surface area contributed by atoms with Crippen LogP contribution in [-0.4, -0.2) is 20.1 Å². The summed E-state index contributed by atoms with van der Waals surface area (Å²) in [5.41, 5.74) is 4.33. The second kappa shape index (κ2) is 5.83. The van der Waals surface area contributed by atoms with Crippen molar-refractivity contribution in [1.82, 2.24) is 14.1 Å². The third kappa shape index (κ3) is 2.01. The first-order valence-electron chi connectivity index (χ1n) is 9.88. The van der Waals surface area contributed by atoms with Crippen molar-refractivity contribution in [3.8, 4) is 0 Å². The molecule has 0 unspecified atom stereocenters. The van der Waals surface area contributed by atoms with Crippen LogP contribution in [0.3, 0.4) is 0 Å². The molecule has 0 saturated carbocycles. The van der Waals surface area contributed by atoms with Gasteiger partial charge in [0.15, 0.2) is 5.60 Å². The van der Waals surface area contributed by atoms with Gasteiger partial charge in [-0.1, -0.05) is 36.4 Å². The van der Waals surface area contributed by atoms with Crippen molar-refractivity contribution in [2.45, 2.75) is 5.60 Å². The van der Waals surface area contributed by atoms with E-state index in [2.05, 4.69) is 50.8 Å². The first-order valence-corrected chi connectivity index (χ1v) is 9.88. The summed E-state index contributed by atoms with van der Waals surface area (Å²) in [7, 11) is 4.03. The van der Waals surface area contributed by atoms with E-state index < -0.39 is 5.60 Å². The van der Waals surface area contributed by atoms with Gasteiger partial charge in [0.2, 0.25) is 0 Å². The first-order chi connectivity index (χ1) is 14.6. The maximum absolute atomic E-state index is 13.0. The molecule has 0 N–H and O–H groups in total. The van der Waals surface area contributed by atoms with Gasteiger partial charge in [0.05, 0.1) is 5.56 Å². The quantitative estimate of drug-likeness (QED) is 0.414. The van der Waals surface area contributed by atoms with Gasteiger partial charge in [-0.3, -0.25) is 4.98 Å². The van der Waals surface area contributed by atoms with Gasteiger partial charge < -0.3 is 13.9 Å². The summed E-state index contributed by atoms with van der Waals surface area (Å²) in [6, 6.07) is 18.1. The lowest BCUT2D eigenvalue weighted by atomic mass is 9.80. The average Bonchev–Trinajstić information content (AvgIpc) is 3.40. The summed E-state index contributed by atoms with van der Waals surface area (Å²) in [5.74, 6) is -0.326. The molecule has 0 saturated heterocycles. The van der Waals surface area contributed by atoms with Crippen LogP contribution in [0.25, 0.3) is 21.8 Å². The Hall–Kier alpha value is -3.86. The van der Waals surface area contributed by atoms with E-state index in [1.165, 1.54) is 0 Å². The monoisotopic (exact) mass is 393 g/mol. The number of fused-ring (bicyclic) bond motifs is 3. The highest BCUT2D eigenvalue weighted by Crippen LogP contribution is 2.51. The van der Waals surface area contributed by atoms with Crippen molar-refractivity contribution in [2.24, 2.45) is 14.1 Å². The lowest BCUT2D eigenvalue weighted by molar-refractivity contribution is 0.0259. The molecular formula is C25H19N3O2. The summed E-state index contributed by atoms with van der Waals surface area (Å²) in [5, 5.41) is 2.11. The smallest absolute Gasteiger partial charge is 0.340 e. The number of aryl methyl sites for hydroxylation is 2. The molecule has 5 heteroatoms. The van der Waals surface area contributed by atoms with Gasteiger partial charge in [0, 0.05) is 77.4 Å². The zero-order chi connectivity index (χ0) is 20.5. The maximum atomic E-state index is 13.0. The lowest BCUT2D eigenvalue weighted by Crippen LogP contribution is -2.29. The second-order valence-electron chi connectivity index (χ2n) is 7.83. The molecule has 5 nitrogen and oxygen atoms in total. The minimum absolute atomic E-state index is 0.326. The van der Waals surface area contributed by atoms with E-state index in [9.17, 15) is 4.79 Å². The van der Waals surface area contributed by atoms with E-state index >= 15 is 0 Å². The van der Waals surface area contributed by atoms with Crippen LogP contribution in [0, 0.1) is 0 Å². The van der Waals surface area contributed by atoms with Gasteiger partial charge in [-0.2, -0.15) is 0 Å². The van der Waals surface area contributed by atoms with Crippen molar-refractivity contribution in [3.05, 3.63) is 102 Å². The summed E-state index contributed by atoms with van der Waals surface area (Å²) in [6.45, 7) is 0. The molecule has 2 aromatic carbocycles. The molecule has 0 atom stereocenters. The molecule has 30 heavy (non-hydrogen) atoms. The van der Waals surface area contributed by atoms with Crippen molar-refractivity contribution >= 4 is 27.8 Å². The van der Waals surface area contributed by atoms with Crippen molar-refractivity contribution in [1.29, 1.82) is 0 Å². The number of carbonyl (C=O) groups is 1. The molecule has 1 aliphatic heterocycles. The zero-order valence-electron chi connectivity index (χ0n) is 16.7. The molecule has 0 amide bonds. The Labute approximate surface area is 173 Å². The number of nitrogens with zero attached hydrogens (tertiary/aromatic N) is 3. The van der Waals surface area contributed by atoms with Crippen molar-refractivity contribution < 1.29 is 9.53 Å². The van der Waals surface area contributed by atoms with Crippen LogP contribution in [-0.2, 0) is 24.4 Å². The minimum Gasteiger partial charge on any atom is -0.440 e. The topological polar surface area (TPSA) is 49.0 Å². The number of benzene rings is 2. The van der Waals surface area contributed by atoms with Gasteiger partial charge in [0.1, 0.15) is 0 Å². The lowest BCUT2D eigenvalue weighted by Gasteiger charge is -2.28. The van der Waals surface area contributed by atoms with E-state index in [0.29, 0.717) is 5.56 Å². The maximum Gasteiger partial charge on any atom is 0.340 e. The largest absolute Gasteiger partial charge is 0.440 e. The summed E-state index contributed by atoms with van der Waals surface area (Å²) in [4.78, 5) is 17.4. The molecule has 3 aromatic heterocycles. The highest BCUT2D eigenvalue weighted by molar-refractivity contribution is 6.00. The number of hydrogen-bond acceptors (Lipinski definition) is 3. The van der Waals surface area contributed by atoms with Crippen LogP contribution >= 0.6 is 0 Å². The first kappa shape index (κ1) is 17.0. The number of pyridine rings is 1. The predicted octanol–water partition coefficient (Wildman–Crippen LogP) is 4.53. The number of carbonyl (C=O) groups excluding carboxylic acids is 1. The van der Waals surface area contributed by atoms with Crippen LogP contribution in [0.4, 0.5) is 0 Å². The Balaban J connectivity index is 1.81. The third-order valence-corrected chi connectivity index (χ3v) is 6.22. The SMILES string of the molecule is Cn1cc(C2(c3cn(C)c4ccccc34)OC(=O)c3ccncc32)c2ccccc21. The Kier molecular flexibility index (Phi) is 3.31. The third-order valence-electron chi connectivity index (χ3n) is 6.22. The minimum atomic E-state index is -1.07. The molecule has 146 valence electrons. The van der Waals surface area contributed by atoms with Crippen LogP contribution < -0.4 is 0 Å². The Morgan fingerprint density at radius 2 is 1.37 bits per heavy atom. The van der Waals surface area contributed by atoms with Gasteiger partial charge in [-0.25, -0.2) is 4.79 Å². The summed E-state index contributed by atoms with van der Waals surface area (Å²) < 4.78 is 10.5. The number of ether oxygens (including phenoxy) is 1. The fourth-order valence-corrected chi connectivity index (χ4v) is 4.89. The Morgan fingerprint density at radius 1 is 0.800 bits per heavy atom. The normalized spacial score (nSPS) is 14.9. The van der Waals surface area contributed by atoms with Gasteiger partial charge in [-0.05, 0) is 18.2 Å². The summed E-state index contributed by atoms with van der Waals surface area (Å²) in [6.07, 6.45) is 7.55. The number of para-hydroxylation sites is 2. The Morgan fingerprint density at radius 3 is 1.97 bits per heavy atom. The fraction of sp³-hybridized carbons (Fsp3) is 0.120. The number of rotatable bonds is 2. The fourth-order valence-electron chi connectivity index (χ4n) is 4.89. The van der Waals surface area contributed by atoms with Gasteiger partial charge in [-0.15, -0.1) is 0 Å². The molecule has 0 spiro atoms. The van der Waals surface area contributed by atoms with E-state index in [1.807, 2.05) is 38.4 Å². The molecule has 6 rings (SSSR count). The van der Waals surface area contributed by atoms with E-state index in [4.69, 9.17) is 4.74 Å². The second-order valence-corrected chi connectivity index (χ2v) is 7.83. The number of esters is 1. The standard InChI is InChI=1S/C25H19N3O2/c1-27-14-20(16-7-3-5-9-22(16)27)25(19-13-26-12-11-18(19)24(29)30-25)21-15-28(2)23-10-6-4-8-17(21)23/h3-15H,1-2H3. The molecular weight excluding hydrogens is 374 g/mol. The number of hydrogen-bond donors (Lipinski definition) is 0. The van der Waals surface area contributed by atoms with Crippen LogP contribution in [0.5, 0.6) is 0 Å². The molecule has 5 aromatic rings. The molecule has 4 heterocycles. The van der Waals surface area contributed by atoms with Gasteiger partial charge in [0.25, 0.3) is 0 Å². The van der Waals surface area contributed by atoms with Crippen LogP contribution in [0.2, 0.25) is 0 Å². The molecule has 0 fully saturated rings. The van der Waals surface area contributed by atoms with E-state index in [1.54, 1.807) is 18.5 Å². The van der Waals surface area contributed by atoms with Crippen LogP contribution in [0.1, 0.15) is 27.0 Å². The number of cyclic esters (lactones) is 1. The van der Waals surface area contributed by atoms with Crippen LogP contribution in [0.15, 0.2) is 79.4 Å². The predicted molar refractivity (Wildman–Crippen MR) is 115 cm³/mol. The highest BCUT2D eigenvalue weighted by Gasteiger charge is 2.51.